The highest BCUT2D eigenvalue weighted by Crippen LogP contribution is 2.25. The van der Waals surface area contributed by atoms with Crippen molar-refractivity contribution in [2.24, 2.45) is 11.1 Å². The van der Waals surface area contributed by atoms with Crippen molar-refractivity contribution in [3.05, 3.63) is 34.1 Å². The number of aromatic nitrogens is 2. The molecule has 20 heavy (non-hydrogen) atoms. The van der Waals surface area contributed by atoms with Gasteiger partial charge in [0.15, 0.2) is 0 Å². The van der Waals surface area contributed by atoms with E-state index in [1.165, 1.54) is 0 Å². The summed E-state index contributed by atoms with van der Waals surface area (Å²) in [5.74, 6) is 1.20. The van der Waals surface area contributed by atoms with Crippen molar-refractivity contribution < 1.29 is 4.52 Å². The molecule has 108 valence electrons. The van der Waals surface area contributed by atoms with E-state index in [0.29, 0.717) is 18.1 Å². The Balaban J connectivity index is 2.21. The van der Waals surface area contributed by atoms with Gasteiger partial charge in [-0.3, -0.25) is 0 Å². The molecule has 0 saturated heterocycles. The van der Waals surface area contributed by atoms with E-state index < -0.39 is 0 Å². The van der Waals surface area contributed by atoms with Crippen molar-refractivity contribution in [1.29, 1.82) is 0 Å². The quantitative estimate of drug-likeness (QED) is 0.926. The summed E-state index contributed by atoms with van der Waals surface area (Å²) < 4.78 is 6.36. The second-order valence-corrected chi connectivity index (χ2v) is 7.06. The number of benzene rings is 1. The molecule has 2 rings (SSSR count). The molecule has 1 aromatic carbocycles. The molecule has 0 radical (unpaired) electrons. The molecule has 0 amide bonds. The largest absolute Gasteiger partial charge is 0.339 e. The number of aryl methyl sites for hydroxylation is 1. The summed E-state index contributed by atoms with van der Waals surface area (Å²) in [7, 11) is 0. The van der Waals surface area contributed by atoms with Gasteiger partial charge in [-0.05, 0) is 36.1 Å². The summed E-state index contributed by atoms with van der Waals surface area (Å²) in [4.78, 5) is 4.45. The predicted molar refractivity (Wildman–Crippen MR) is 83.3 cm³/mol. The number of halogens is 1. The third kappa shape index (κ3) is 3.46. The standard InChI is InChI=1S/C15H20BrN3O/c1-9-7-10(16)5-6-11(9)14-18-13(20-19-14)8-12(17)15(2,3)4/h5-7,12H,8,17H2,1-4H3. The number of nitrogens with two attached hydrogens (primary N) is 1. The fourth-order valence-corrected chi connectivity index (χ4v) is 2.30. The van der Waals surface area contributed by atoms with E-state index in [-0.39, 0.29) is 11.5 Å². The monoisotopic (exact) mass is 337 g/mol. The number of nitrogens with zero attached hydrogens (tertiary/aromatic N) is 2. The zero-order chi connectivity index (χ0) is 14.9. The smallest absolute Gasteiger partial charge is 0.228 e. The summed E-state index contributed by atoms with van der Waals surface area (Å²) in [6, 6.07) is 5.98. The minimum atomic E-state index is -0.0122. The average Bonchev–Trinajstić information content (AvgIpc) is 2.76. The number of hydrogen-bond acceptors (Lipinski definition) is 4. The molecule has 2 aromatic rings. The van der Waals surface area contributed by atoms with Gasteiger partial charge < -0.3 is 10.3 Å². The predicted octanol–water partition coefficient (Wildman–Crippen LogP) is 3.72. The van der Waals surface area contributed by atoms with Crippen molar-refractivity contribution in [1.82, 2.24) is 10.1 Å². The molecule has 1 unspecified atom stereocenters. The molecule has 0 bridgehead atoms. The number of hydrogen-bond donors (Lipinski definition) is 1. The van der Waals surface area contributed by atoms with Crippen molar-refractivity contribution in [2.45, 2.75) is 40.2 Å². The van der Waals surface area contributed by atoms with Crippen LogP contribution < -0.4 is 5.73 Å². The Morgan fingerprint density at radius 3 is 2.65 bits per heavy atom. The number of rotatable bonds is 3. The van der Waals surface area contributed by atoms with E-state index in [9.17, 15) is 0 Å². The first kappa shape index (κ1) is 15.2. The highest BCUT2D eigenvalue weighted by Gasteiger charge is 2.23. The summed E-state index contributed by atoms with van der Waals surface area (Å²) in [5, 5.41) is 4.06. The van der Waals surface area contributed by atoms with Crippen LogP contribution in [0.25, 0.3) is 11.4 Å². The highest BCUT2D eigenvalue weighted by atomic mass is 79.9. The van der Waals surface area contributed by atoms with E-state index in [1.54, 1.807) is 0 Å². The maximum Gasteiger partial charge on any atom is 0.228 e. The van der Waals surface area contributed by atoms with Crippen LogP contribution >= 0.6 is 15.9 Å². The molecule has 1 heterocycles. The first-order valence-corrected chi connectivity index (χ1v) is 7.41. The van der Waals surface area contributed by atoms with E-state index in [0.717, 1.165) is 15.6 Å². The highest BCUT2D eigenvalue weighted by molar-refractivity contribution is 9.10. The van der Waals surface area contributed by atoms with Gasteiger partial charge in [-0.1, -0.05) is 41.9 Å². The zero-order valence-corrected chi connectivity index (χ0v) is 13.9. The maximum atomic E-state index is 6.15. The third-order valence-corrected chi connectivity index (χ3v) is 3.90. The molecule has 0 fully saturated rings. The van der Waals surface area contributed by atoms with Gasteiger partial charge >= 0.3 is 0 Å². The Bertz CT molecular complexity index is 601. The third-order valence-electron chi connectivity index (χ3n) is 3.40. The van der Waals surface area contributed by atoms with Crippen molar-refractivity contribution in [3.63, 3.8) is 0 Å². The molecule has 4 nitrogen and oxygen atoms in total. The molecule has 0 saturated carbocycles. The molecule has 0 spiro atoms. The zero-order valence-electron chi connectivity index (χ0n) is 12.3. The van der Waals surface area contributed by atoms with Gasteiger partial charge in [-0.2, -0.15) is 4.98 Å². The Kier molecular flexibility index (Phi) is 4.30. The van der Waals surface area contributed by atoms with Crippen LogP contribution in [0.3, 0.4) is 0 Å². The van der Waals surface area contributed by atoms with Crippen molar-refractivity contribution >= 4 is 15.9 Å². The van der Waals surface area contributed by atoms with Crippen molar-refractivity contribution in [2.75, 3.05) is 0 Å². The van der Waals surface area contributed by atoms with Crippen LogP contribution in [-0.4, -0.2) is 16.2 Å². The van der Waals surface area contributed by atoms with Gasteiger partial charge in [-0.15, -0.1) is 0 Å². The molecule has 0 aliphatic heterocycles. The van der Waals surface area contributed by atoms with Crippen LogP contribution in [0.4, 0.5) is 0 Å². The molecule has 1 aromatic heterocycles. The fourth-order valence-electron chi connectivity index (χ4n) is 1.82. The van der Waals surface area contributed by atoms with Crippen LogP contribution in [0.5, 0.6) is 0 Å². The molecule has 5 heteroatoms. The molecule has 0 aliphatic rings. The average molecular weight is 338 g/mol. The van der Waals surface area contributed by atoms with Gasteiger partial charge in [-0.25, -0.2) is 0 Å². The first-order chi connectivity index (χ1) is 9.27. The maximum absolute atomic E-state index is 6.15. The lowest BCUT2D eigenvalue weighted by Crippen LogP contribution is -2.36. The summed E-state index contributed by atoms with van der Waals surface area (Å²) in [6.45, 7) is 8.34. The Hall–Kier alpha value is -1.20. The summed E-state index contributed by atoms with van der Waals surface area (Å²) in [5.41, 5.74) is 8.25. The van der Waals surface area contributed by atoms with E-state index in [1.807, 2.05) is 25.1 Å². The summed E-state index contributed by atoms with van der Waals surface area (Å²) in [6.07, 6.45) is 0.589. The molecular formula is C15H20BrN3O. The Morgan fingerprint density at radius 1 is 1.35 bits per heavy atom. The fraction of sp³-hybridized carbons (Fsp3) is 0.467. The summed E-state index contributed by atoms with van der Waals surface area (Å²) >= 11 is 3.45. The van der Waals surface area contributed by atoms with Crippen LogP contribution in [0.15, 0.2) is 27.2 Å². The minimum absolute atomic E-state index is 0.0122. The minimum Gasteiger partial charge on any atom is -0.339 e. The molecule has 1 atom stereocenters. The Labute approximate surface area is 127 Å². The van der Waals surface area contributed by atoms with Gasteiger partial charge in [0.2, 0.25) is 11.7 Å². The molecule has 0 aliphatic carbocycles. The SMILES string of the molecule is Cc1cc(Br)ccc1-c1noc(CC(N)C(C)(C)C)n1. The second kappa shape index (κ2) is 5.66. The van der Waals surface area contributed by atoms with E-state index >= 15 is 0 Å². The van der Waals surface area contributed by atoms with Crippen LogP contribution in [0.2, 0.25) is 0 Å². The van der Waals surface area contributed by atoms with E-state index in [2.05, 4.69) is 46.8 Å². The first-order valence-electron chi connectivity index (χ1n) is 6.62. The molecular weight excluding hydrogens is 318 g/mol. The molecule has 2 N–H and O–H groups in total. The lowest BCUT2D eigenvalue weighted by atomic mass is 9.85. The lowest BCUT2D eigenvalue weighted by Gasteiger charge is -2.25. The van der Waals surface area contributed by atoms with Crippen LogP contribution in [0.1, 0.15) is 32.2 Å². The van der Waals surface area contributed by atoms with Crippen LogP contribution in [0, 0.1) is 12.3 Å². The van der Waals surface area contributed by atoms with Gasteiger partial charge in [0.25, 0.3) is 0 Å². The van der Waals surface area contributed by atoms with Gasteiger partial charge in [0.05, 0.1) is 0 Å². The van der Waals surface area contributed by atoms with Gasteiger partial charge in [0, 0.05) is 22.5 Å². The van der Waals surface area contributed by atoms with Crippen molar-refractivity contribution in [3.8, 4) is 11.4 Å². The normalized spacial score (nSPS) is 13.5. The van der Waals surface area contributed by atoms with Gasteiger partial charge in [0.1, 0.15) is 0 Å². The lowest BCUT2D eigenvalue weighted by molar-refractivity contribution is 0.286. The second-order valence-electron chi connectivity index (χ2n) is 6.15. The van der Waals surface area contributed by atoms with E-state index in [4.69, 9.17) is 10.3 Å². The topological polar surface area (TPSA) is 64.9 Å². The Morgan fingerprint density at radius 2 is 2.05 bits per heavy atom. The van der Waals surface area contributed by atoms with Crippen LogP contribution in [-0.2, 0) is 6.42 Å².